The van der Waals surface area contributed by atoms with Crippen molar-refractivity contribution in [2.24, 2.45) is 0 Å². The lowest BCUT2D eigenvalue weighted by Gasteiger charge is -2.23. The number of halogens is 1. The molecule has 0 bridgehead atoms. The van der Waals surface area contributed by atoms with Crippen LogP contribution in [0, 0.1) is 0 Å². The van der Waals surface area contributed by atoms with Gasteiger partial charge in [0.05, 0.1) is 11.5 Å². The number of hydrogen-bond acceptors (Lipinski definition) is 4. The van der Waals surface area contributed by atoms with Crippen LogP contribution >= 0.6 is 22.9 Å². The minimum absolute atomic E-state index is 0.0426. The van der Waals surface area contributed by atoms with Gasteiger partial charge in [-0.1, -0.05) is 17.7 Å². The molecule has 0 aliphatic carbocycles. The fourth-order valence-corrected chi connectivity index (χ4v) is 3.91. The molecule has 144 valence electrons. The maximum Gasteiger partial charge on any atom is 0.264 e. The van der Waals surface area contributed by atoms with Gasteiger partial charge in [-0.2, -0.15) is 0 Å². The third kappa shape index (κ3) is 5.47. The van der Waals surface area contributed by atoms with Crippen molar-refractivity contribution in [3.63, 3.8) is 0 Å². The first-order valence-electron chi connectivity index (χ1n) is 9.16. The number of carbonyl (C=O) groups is 2. The minimum atomic E-state index is -0.357. The van der Waals surface area contributed by atoms with Gasteiger partial charge in [0.15, 0.2) is 0 Å². The summed E-state index contributed by atoms with van der Waals surface area (Å²) >= 11 is 7.25. The van der Waals surface area contributed by atoms with Crippen molar-refractivity contribution in [2.45, 2.75) is 31.7 Å². The summed E-state index contributed by atoms with van der Waals surface area (Å²) in [7, 11) is 0. The molecular weight excluding hydrogens is 384 g/mol. The highest BCUT2D eigenvalue weighted by molar-refractivity contribution is 7.12. The van der Waals surface area contributed by atoms with Gasteiger partial charge in [0, 0.05) is 18.1 Å². The van der Waals surface area contributed by atoms with Gasteiger partial charge in [-0.3, -0.25) is 9.59 Å². The maximum absolute atomic E-state index is 12.5. The van der Waals surface area contributed by atoms with Crippen LogP contribution in [0.25, 0.3) is 0 Å². The van der Waals surface area contributed by atoms with Crippen LogP contribution in [-0.4, -0.2) is 42.5 Å². The lowest BCUT2D eigenvalue weighted by molar-refractivity contribution is -0.124. The third-order valence-electron chi connectivity index (χ3n) is 4.50. The van der Waals surface area contributed by atoms with Crippen LogP contribution in [0.5, 0.6) is 5.75 Å². The number of nitrogens with zero attached hydrogens (tertiary/aromatic N) is 1. The van der Waals surface area contributed by atoms with Gasteiger partial charge in [0.1, 0.15) is 11.8 Å². The number of amides is 2. The smallest absolute Gasteiger partial charge is 0.264 e. The molecule has 3 rings (SSSR count). The van der Waals surface area contributed by atoms with Crippen molar-refractivity contribution >= 4 is 34.8 Å². The van der Waals surface area contributed by atoms with Gasteiger partial charge in [-0.25, -0.2) is 0 Å². The number of thiophene rings is 1. The normalized spacial score (nSPS) is 16.3. The van der Waals surface area contributed by atoms with Crippen molar-refractivity contribution in [2.75, 3.05) is 19.7 Å². The van der Waals surface area contributed by atoms with Gasteiger partial charge >= 0.3 is 0 Å². The van der Waals surface area contributed by atoms with Gasteiger partial charge in [0.25, 0.3) is 5.91 Å². The standard InChI is InChI=1S/C20H23ClN2O3S/c21-15-7-9-16(10-8-15)26-13-2-1-11-22-19(24)17-5-3-12-23(17)20(25)18-6-4-14-27-18/h4,6-10,14,17H,1-3,5,11-13H2,(H,22,24). The van der Waals surface area contributed by atoms with E-state index < -0.39 is 0 Å². The Morgan fingerprint density at radius 2 is 2.04 bits per heavy atom. The average Bonchev–Trinajstić information content (AvgIpc) is 3.37. The van der Waals surface area contributed by atoms with E-state index in [1.165, 1.54) is 11.3 Å². The van der Waals surface area contributed by atoms with Gasteiger partial charge in [-0.05, 0) is 61.4 Å². The Morgan fingerprint density at radius 3 is 2.78 bits per heavy atom. The van der Waals surface area contributed by atoms with Crippen LogP contribution < -0.4 is 10.1 Å². The van der Waals surface area contributed by atoms with Gasteiger partial charge in [0.2, 0.25) is 5.91 Å². The zero-order valence-electron chi connectivity index (χ0n) is 15.0. The molecule has 7 heteroatoms. The first-order chi connectivity index (χ1) is 13.1. The SMILES string of the molecule is O=C(NCCCCOc1ccc(Cl)cc1)C1CCCN1C(=O)c1cccs1. The zero-order valence-corrected chi connectivity index (χ0v) is 16.6. The molecule has 27 heavy (non-hydrogen) atoms. The third-order valence-corrected chi connectivity index (χ3v) is 5.61. The molecule has 2 amide bonds. The summed E-state index contributed by atoms with van der Waals surface area (Å²) in [5.74, 6) is 0.687. The van der Waals surface area contributed by atoms with Crippen molar-refractivity contribution in [3.8, 4) is 5.75 Å². The van der Waals surface area contributed by atoms with Crippen molar-refractivity contribution in [1.29, 1.82) is 0 Å². The summed E-state index contributed by atoms with van der Waals surface area (Å²) in [4.78, 5) is 27.4. The minimum Gasteiger partial charge on any atom is -0.494 e. The molecule has 2 aromatic rings. The zero-order chi connectivity index (χ0) is 19.1. The molecule has 0 saturated carbocycles. The second-order valence-corrected chi connectivity index (χ2v) is 7.82. The molecule has 1 atom stereocenters. The van der Waals surface area contributed by atoms with E-state index in [-0.39, 0.29) is 17.9 Å². The predicted molar refractivity (Wildman–Crippen MR) is 108 cm³/mol. The van der Waals surface area contributed by atoms with Crippen LogP contribution in [0.1, 0.15) is 35.4 Å². The summed E-state index contributed by atoms with van der Waals surface area (Å²) in [6.07, 6.45) is 3.25. The maximum atomic E-state index is 12.5. The Bertz CT molecular complexity index is 749. The summed E-state index contributed by atoms with van der Waals surface area (Å²) in [6.45, 7) is 1.81. The molecule has 2 heterocycles. The Hall–Kier alpha value is -2.05. The number of hydrogen-bond donors (Lipinski definition) is 1. The number of likely N-dealkylation sites (tertiary alicyclic amines) is 1. The summed E-state index contributed by atoms with van der Waals surface area (Å²) in [5, 5.41) is 5.52. The Kier molecular flexibility index (Phi) is 7.12. The van der Waals surface area contributed by atoms with Gasteiger partial charge in [-0.15, -0.1) is 11.3 Å². The van der Waals surface area contributed by atoms with E-state index in [0.29, 0.717) is 29.6 Å². The number of benzene rings is 1. The second-order valence-electron chi connectivity index (χ2n) is 6.43. The Balaban J connectivity index is 1.36. The highest BCUT2D eigenvalue weighted by Crippen LogP contribution is 2.22. The largest absolute Gasteiger partial charge is 0.494 e. The molecule has 1 aromatic heterocycles. The molecule has 5 nitrogen and oxygen atoms in total. The number of unbranched alkanes of at least 4 members (excludes halogenated alkanes) is 1. The molecule has 1 aliphatic heterocycles. The quantitative estimate of drug-likeness (QED) is 0.674. The summed E-state index contributed by atoms with van der Waals surface area (Å²) in [6, 6.07) is 10.6. The van der Waals surface area contributed by atoms with Crippen molar-refractivity contribution in [1.82, 2.24) is 10.2 Å². The van der Waals surface area contributed by atoms with Crippen LogP contribution in [0.3, 0.4) is 0 Å². The molecule has 1 unspecified atom stereocenters. The van der Waals surface area contributed by atoms with E-state index in [4.69, 9.17) is 16.3 Å². The van der Waals surface area contributed by atoms with Crippen LogP contribution in [0.2, 0.25) is 5.02 Å². The lowest BCUT2D eigenvalue weighted by Crippen LogP contribution is -2.46. The van der Waals surface area contributed by atoms with Crippen molar-refractivity contribution in [3.05, 3.63) is 51.7 Å². The second kappa shape index (κ2) is 9.76. The average molecular weight is 407 g/mol. The molecule has 0 spiro atoms. The van der Waals surface area contributed by atoms with Crippen molar-refractivity contribution < 1.29 is 14.3 Å². The van der Waals surface area contributed by atoms with Crippen LogP contribution in [-0.2, 0) is 4.79 Å². The molecule has 1 saturated heterocycles. The summed E-state index contributed by atoms with van der Waals surface area (Å²) in [5.41, 5.74) is 0. The van der Waals surface area contributed by atoms with Crippen LogP contribution in [0.15, 0.2) is 41.8 Å². The fourth-order valence-electron chi connectivity index (χ4n) is 3.10. The van der Waals surface area contributed by atoms with E-state index in [1.807, 2.05) is 23.6 Å². The lowest BCUT2D eigenvalue weighted by atomic mass is 10.2. The number of ether oxygens (including phenoxy) is 1. The number of rotatable bonds is 8. The molecule has 1 aromatic carbocycles. The van der Waals surface area contributed by atoms with Gasteiger partial charge < -0.3 is 15.0 Å². The molecule has 1 aliphatic rings. The topological polar surface area (TPSA) is 58.6 Å². The number of carbonyl (C=O) groups excluding carboxylic acids is 2. The molecule has 1 fully saturated rings. The monoisotopic (exact) mass is 406 g/mol. The highest BCUT2D eigenvalue weighted by atomic mass is 35.5. The van der Waals surface area contributed by atoms with E-state index in [1.54, 1.807) is 23.1 Å². The van der Waals surface area contributed by atoms with E-state index >= 15 is 0 Å². The Morgan fingerprint density at radius 1 is 1.22 bits per heavy atom. The Labute approximate surface area is 168 Å². The highest BCUT2D eigenvalue weighted by Gasteiger charge is 2.34. The number of nitrogens with one attached hydrogen (secondary N) is 1. The molecular formula is C20H23ClN2O3S. The van der Waals surface area contributed by atoms with E-state index in [9.17, 15) is 9.59 Å². The first kappa shape index (κ1) is 19.7. The van der Waals surface area contributed by atoms with Crippen LogP contribution in [0.4, 0.5) is 0 Å². The molecule has 1 N–H and O–H groups in total. The van der Waals surface area contributed by atoms with E-state index in [2.05, 4.69) is 5.32 Å². The van der Waals surface area contributed by atoms with E-state index in [0.717, 1.165) is 31.4 Å². The summed E-state index contributed by atoms with van der Waals surface area (Å²) < 4.78 is 5.63. The predicted octanol–water partition coefficient (Wildman–Crippen LogP) is 3.98. The first-order valence-corrected chi connectivity index (χ1v) is 10.4. The fraction of sp³-hybridized carbons (Fsp3) is 0.400. The molecule has 0 radical (unpaired) electrons.